The van der Waals surface area contributed by atoms with Gasteiger partial charge in [-0.25, -0.2) is 0 Å². The fourth-order valence-corrected chi connectivity index (χ4v) is 1.09. The first-order valence-corrected chi connectivity index (χ1v) is 5.04. The van der Waals surface area contributed by atoms with Crippen LogP contribution in [0.5, 0.6) is 0 Å². The standard InChI is InChI=1S/C9H13F3N2O2/c10-9(11,12)8(16)14-5-1-4-13-7(15)6-2-3-6/h6H,1-5H2,(H,13,15)(H,14,16). The van der Waals surface area contributed by atoms with E-state index in [-0.39, 0.29) is 24.9 Å². The molecule has 1 aliphatic carbocycles. The van der Waals surface area contributed by atoms with Crippen molar-refractivity contribution in [2.45, 2.75) is 25.4 Å². The Morgan fingerprint density at radius 1 is 1.12 bits per heavy atom. The molecule has 2 amide bonds. The van der Waals surface area contributed by atoms with Crippen LogP contribution in [0.25, 0.3) is 0 Å². The number of hydrogen-bond donors (Lipinski definition) is 2. The molecule has 0 aromatic rings. The lowest BCUT2D eigenvalue weighted by Gasteiger charge is -2.08. The molecule has 0 aliphatic heterocycles. The van der Waals surface area contributed by atoms with Gasteiger partial charge in [0.2, 0.25) is 5.91 Å². The molecule has 1 fully saturated rings. The lowest BCUT2D eigenvalue weighted by molar-refractivity contribution is -0.173. The minimum absolute atomic E-state index is 0.0536. The fraction of sp³-hybridized carbons (Fsp3) is 0.778. The van der Waals surface area contributed by atoms with Crippen molar-refractivity contribution in [1.82, 2.24) is 10.6 Å². The van der Waals surface area contributed by atoms with Gasteiger partial charge in [-0.1, -0.05) is 0 Å². The van der Waals surface area contributed by atoms with E-state index in [1.165, 1.54) is 0 Å². The van der Waals surface area contributed by atoms with Gasteiger partial charge in [0.05, 0.1) is 0 Å². The highest BCUT2D eigenvalue weighted by Gasteiger charge is 2.38. The molecule has 92 valence electrons. The number of nitrogens with one attached hydrogen (secondary N) is 2. The second-order valence-electron chi connectivity index (χ2n) is 3.67. The maximum absolute atomic E-state index is 11.7. The molecule has 0 bridgehead atoms. The first-order valence-electron chi connectivity index (χ1n) is 5.04. The molecule has 0 aromatic heterocycles. The van der Waals surface area contributed by atoms with Crippen LogP contribution in [-0.4, -0.2) is 31.1 Å². The molecule has 1 saturated carbocycles. The maximum Gasteiger partial charge on any atom is 0.471 e. The van der Waals surface area contributed by atoms with Gasteiger partial charge >= 0.3 is 12.1 Å². The average molecular weight is 238 g/mol. The van der Waals surface area contributed by atoms with Crippen molar-refractivity contribution in [2.24, 2.45) is 5.92 Å². The quantitative estimate of drug-likeness (QED) is 0.688. The first kappa shape index (κ1) is 12.8. The summed E-state index contributed by atoms with van der Waals surface area (Å²) in [5, 5.41) is 4.31. The van der Waals surface area contributed by atoms with Gasteiger partial charge in [-0.3, -0.25) is 9.59 Å². The van der Waals surface area contributed by atoms with E-state index in [2.05, 4.69) is 5.32 Å². The van der Waals surface area contributed by atoms with Crippen LogP contribution >= 0.6 is 0 Å². The van der Waals surface area contributed by atoms with Crippen LogP contribution in [0, 0.1) is 5.92 Å². The molecule has 0 heterocycles. The Kier molecular flexibility index (Phi) is 4.14. The second-order valence-corrected chi connectivity index (χ2v) is 3.67. The third kappa shape index (κ3) is 4.50. The van der Waals surface area contributed by atoms with Crippen LogP contribution in [-0.2, 0) is 9.59 Å². The zero-order chi connectivity index (χ0) is 12.2. The van der Waals surface area contributed by atoms with Gasteiger partial charge in [0.15, 0.2) is 0 Å². The maximum atomic E-state index is 11.7. The molecular formula is C9H13F3N2O2. The molecule has 7 heteroatoms. The number of alkyl halides is 3. The van der Waals surface area contributed by atoms with E-state index < -0.39 is 12.1 Å². The molecule has 0 saturated heterocycles. The Hall–Kier alpha value is -1.27. The van der Waals surface area contributed by atoms with Crippen LogP contribution < -0.4 is 10.6 Å². The molecule has 1 aliphatic rings. The molecule has 4 nitrogen and oxygen atoms in total. The Balaban J connectivity index is 1.99. The minimum Gasteiger partial charge on any atom is -0.356 e. The summed E-state index contributed by atoms with van der Waals surface area (Å²) in [6, 6.07) is 0. The lowest BCUT2D eigenvalue weighted by atomic mass is 10.3. The van der Waals surface area contributed by atoms with Crippen molar-refractivity contribution in [3.63, 3.8) is 0 Å². The Morgan fingerprint density at radius 3 is 2.19 bits per heavy atom. The first-order chi connectivity index (χ1) is 7.41. The number of amides is 2. The smallest absolute Gasteiger partial charge is 0.356 e. The van der Waals surface area contributed by atoms with Crippen LogP contribution in [0.1, 0.15) is 19.3 Å². The Bertz CT molecular complexity index is 274. The zero-order valence-corrected chi connectivity index (χ0v) is 8.56. The highest BCUT2D eigenvalue weighted by atomic mass is 19.4. The van der Waals surface area contributed by atoms with E-state index >= 15 is 0 Å². The summed E-state index contributed by atoms with van der Waals surface area (Å²) in [6.07, 6.45) is -2.77. The number of halogens is 3. The van der Waals surface area contributed by atoms with E-state index in [1.54, 1.807) is 5.32 Å². The van der Waals surface area contributed by atoms with E-state index in [0.717, 1.165) is 12.8 Å². The van der Waals surface area contributed by atoms with E-state index in [9.17, 15) is 22.8 Å². The molecule has 0 radical (unpaired) electrons. The molecule has 0 aromatic carbocycles. The summed E-state index contributed by atoms with van der Waals surface area (Å²) in [5.74, 6) is -1.91. The van der Waals surface area contributed by atoms with Crippen molar-refractivity contribution in [3.05, 3.63) is 0 Å². The molecule has 0 spiro atoms. The third-order valence-corrected chi connectivity index (χ3v) is 2.14. The van der Waals surface area contributed by atoms with E-state index in [0.29, 0.717) is 6.42 Å². The number of rotatable bonds is 5. The molecular weight excluding hydrogens is 225 g/mol. The minimum atomic E-state index is -4.84. The molecule has 1 rings (SSSR count). The normalized spacial score (nSPS) is 15.7. The monoisotopic (exact) mass is 238 g/mol. The Morgan fingerprint density at radius 2 is 1.69 bits per heavy atom. The highest BCUT2D eigenvalue weighted by Crippen LogP contribution is 2.28. The van der Waals surface area contributed by atoms with Gasteiger partial charge in [0, 0.05) is 19.0 Å². The highest BCUT2D eigenvalue weighted by molar-refractivity contribution is 5.81. The fourth-order valence-electron chi connectivity index (χ4n) is 1.09. The van der Waals surface area contributed by atoms with Crippen molar-refractivity contribution >= 4 is 11.8 Å². The van der Waals surface area contributed by atoms with Crippen LogP contribution in [0.4, 0.5) is 13.2 Å². The van der Waals surface area contributed by atoms with Crippen LogP contribution in [0.2, 0.25) is 0 Å². The summed E-state index contributed by atoms with van der Waals surface area (Å²) in [7, 11) is 0. The van der Waals surface area contributed by atoms with Crippen LogP contribution in [0.15, 0.2) is 0 Å². The third-order valence-electron chi connectivity index (χ3n) is 2.14. The zero-order valence-electron chi connectivity index (χ0n) is 8.56. The summed E-state index contributed by atoms with van der Waals surface area (Å²) >= 11 is 0. The van der Waals surface area contributed by atoms with E-state index in [1.807, 2.05) is 0 Å². The summed E-state index contributed by atoms with van der Waals surface area (Å²) in [5.41, 5.74) is 0. The van der Waals surface area contributed by atoms with Crippen LogP contribution in [0.3, 0.4) is 0 Å². The number of carbonyl (C=O) groups is 2. The molecule has 2 N–H and O–H groups in total. The average Bonchev–Trinajstić information content (AvgIpc) is 2.98. The predicted octanol–water partition coefficient (Wildman–Crippen LogP) is 0.581. The second kappa shape index (κ2) is 5.18. The lowest BCUT2D eigenvalue weighted by Crippen LogP contribution is -2.38. The van der Waals surface area contributed by atoms with Crippen molar-refractivity contribution in [2.75, 3.05) is 13.1 Å². The van der Waals surface area contributed by atoms with Gasteiger partial charge < -0.3 is 10.6 Å². The van der Waals surface area contributed by atoms with Crippen molar-refractivity contribution in [3.8, 4) is 0 Å². The summed E-state index contributed by atoms with van der Waals surface area (Å²) in [6.45, 7) is 0.191. The predicted molar refractivity (Wildman–Crippen MR) is 49.4 cm³/mol. The van der Waals surface area contributed by atoms with Gasteiger partial charge in [0.1, 0.15) is 0 Å². The summed E-state index contributed by atoms with van der Waals surface area (Å²) < 4.78 is 35.2. The summed E-state index contributed by atoms with van der Waals surface area (Å²) in [4.78, 5) is 21.4. The molecule has 16 heavy (non-hydrogen) atoms. The van der Waals surface area contributed by atoms with Gasteiger partial charge in [-0.05, 0) is 19.3 Å². The van der Waals surface area contributed by atoms with Gasteiger partial charge in [-0.15, -0.1) is 0 Å². The van der Waals surface area contributed by atoms with Gasteiger partial charge in [-0.2, -0.15) is 13.2 Å². The molecule has 0 atom stereocenters. The largest absolute Gasteiger partial charge is 0.471 e. The SMILES string of the molecule is O=C(NCCCNC(=O)C(F)(F)F)C1CC1. The topological polar surface area (TPSA) is 58.2 Å². The van der Waals surface area contributed by atoms with Crippen molar-refractivity contribution < 1.29 is 22.8 Å². The van der Waals surface area contributed by atoms with E-state index in [4.69, 9.17) is 0 Å². The van der Waals surface area contributed by atoms with Gasteiger partial charge in [0.25, 0.3) is 0 Å². The Labute approximate surface area is 90.6 Å². The molecule has 0 unspecified atom stereocenters. The van der Waals surface area contributed by atoms with Crippen molar-refractivity contribution in [1.29, 1.82) is 0 Å². The number of hydrogen-bond acceptors (Lipinski definition) is 2. The number of carbonyl (C=O) groups excluding carboxylic acids is 2.